The Morgan fingerprint density at radius 1 is 1.20 bits per heavy atom. The predicted molar refractivity (Wildman–Crippen MR) is 127 cm³/mol. The number of allylic oxidation sites excluding steroid dienone is 1. The Morgan fingerprint density at radius 3 is 2.67 bits per heavy atom. The average Bonchev–Trinajstić information content (AvgIpc) is 3.18. The van der Waals surface area contributed by atoms with E-state index >= 15 is 0 Å². The van der Waals surface area contributed by atoms with Crippen LogP contribution in [0.5, 0.6) is 0 Å². The number of aromatic amines is 1. The van der Waals surface area contributed by atoms with Gasteiger partial charge in [0.2, 0.25) is 0 Å². The lowest BCUT2D eigenvalue weighted by molar-refractivity contribution is 0.144. The summed E-state index contributed by atoms with van der Waals surface area (Å²) in [6.45, 7) is 9.71. The topological polar surface area (TPSA) is 60.2 Å². The van der Waals surface area contributed by atoms with E-state index in [2.05, 4.69) is 71.8 Å². The molecule has 2 aromatic rings. The summed E-state index contributed by atoms with van der Waals surface area (Å²) in [5.41, 5.74) is 3.38. The van der Waals surface area contributed by atoms with Crippen molar-refractivity contribution in [3.8, 4) is 0 Å². The third-order valence-electron chi connectivity index (χ3n) is 6.40. The summed E-state index contributed by atoms with van der Waals surface area (Å²) in [7, 11) is 0. The number of hydrogen-bond donors (Lipinski definition) is 3. The monoisotopic (exact) mass is 410 g/mol. The number of piperidine rings is 1. The van der Waals surface area contributed by atoms with Gasteiger partial charge < -0.3 is 20.5 Å². The van der Waals surface area contributed by atoms with Crippen molar-refractivity contribution in [3.05, 3.63) is 42.1 Å². The molecule has 1 aromatic heterocycles. The number of rotatable bonds is 9. The van der Waals surface area contributed by atoms with E-state index in [0.29, 0.717) is 12.5 Å². The number of urea groups is 1. The zero-order valence-electron chi connectivity index (χ0n) is 18.8. The van der Waals surface area contributed by atoms with Gasteiger partial charge in [-0.25, -0.2) is 4.79 Å². The molecule has 1 aromatic carbocycles. The first-order valence-corrected chi connectivity index (χ1v) is 11.7. The van der Waals surface area contributed by atoms with Crippen molar-refractivity contribution >= 4 is 22.6 Å². The fourth-order valence-corrected chi connectivity index (χ4v) is 4.67. The number of carbonyl (C=O) groups is 1. The van der Waals surface area contributed by atoms with Crippen LogP contribution in [0.1, 0.15) is 70.8 Å². The van der Waals surface area contributed by atoms with Crippen LogP contribution >= 0.6 is 0 Å². The number of benzene rings is 1. The first-order chi connectivity index (χ1) is 14.7. The lowest BCUT2D eigenvalue weighted by atomic mass is 9.88. The highest BCUT2D eigenvalue weighted by Gasteiger charge is 2.25. The van der Waals surface area contributed by atoms with Crippen LogP contribution in [-0.4, -0.2) is 41.6 Å². The second kappa shape index (κ2) is 11.2. The molecule has 3 rings (SSSR count). The lowest BCUT2D eigenvalue weighted by Crippen LogP contribution is -2.40. The van der Waals surface area contributed by atoms with Gasteiger partial charge in [0.1, 0.15) is 0 Å². The number of H-pyrrole nitrogens is 1. The van der Waals surface area contributed by atoms with Crippen LogP contribution in [-0.2, 0) is 0 Å². The van der Waals surface area contributed by atoms with E-state index in [1.54, 1.807) is 0 Å². The molecule has 2 amide bonds. The maximum absolute atomic E-state index is 12.2. The van der Waals surface area contributed by atoms with Crippen molar-refractivity contribution in [1.82, 2.24) is 15.2 Å². The fourth-order valence-electron chi connectivity index (χ4n) is 4.67. The maximum Gasteiger partial charge on any atom is 0.319 e. The Balaban J connectivity index is 1.61. The van der Waals surface area contributed by atoms with E-state index < -0.39 is 0 Å². The lowest BCUT2D eigenvalue weighted by Gasteiger charge is -2.37. The van der Waals surface area contributed by atoms with E-state index in [0.717, 1.165) is 30.1 Å². The Kier molecular flexibility index (Phi) is 8.38. The van der Waals surface area contributed by atoms with Gasteiger partial charge >= 0.3 is 6.03 Å². The molecule has 0 saturated carbocycles. The van der Waals surface area contributed by atoms with E-state index in [1.807, 2.05) is 6.07 Å². The van der Waals surface area contributed by atoms with Crippen molar-refractivity contribution in [1.29, 1.82) is 0 Å². The van der Waals surface area contributed by atoms with Gasteiger partial charge in [-0.05, 0) is 81.3 Å². The molecule has 164 valence electrons. The summed E-state index contributed by atoms with van der Waals surface area (Å²) < 4.78 is 0. The standard InChI is InChI=1S/C25H38N4O/c1-4-7-8-9-14-26-25(30)28-20-10-11-24-22(17-20)23(18-27-24)19-12-15-29(16-13-19)21(5-2)6-3/h7-8,10-11,17-19,21,27H,4-6,9,12-16H2,1-3H3,(H2,26,28,30). The van der Waals surface area contributed by atoms with Crippen LogP contribution in [0.25, 0.3) is 10.9 Å². The second-order valence-corrected chi connectivity index (χ2v) is 8.33. The molecule has 5 heteroatoms. The van der Waals surface area contributed by atoms with Crippen LogP contribution in [0.2, 0.25) is 0 Å². The molecule has 0 spiro atoms. The highest BCUT2D eigenvalue weighted by molar-refractivity contribution is 5.94. The summed E-state index contributed by atoms with van der Waals surface area (Å²) in [5.74, 6) is 0.582. The van der Waals surface area contributed by atoms with E-state index in [1.165, 1.54) is 49.7 Å². The van der Waals surface area contributed by atoms with Crippen LogP contribution < -0.4 is 10.6 Å². The average molecular weight is 411 g/mol. The van der Waals surface area contributed by atoms with Gasteiger partial charge in [-0.1, -0.05) is 32.9 Å². The van der Waals surface area contributed by atoms with Gasteiger partial charge in [0, 0.05) is 35.4 Å². The van der Waals surface area contributed by atoms with Crippen LogP contribution in [0.3, 0.4) is 0 Å². The van der Waals surface area contributed by atoms with Gasteiger partial charge in [-0.2, -0.15) is 0 Å². The highest BCUT2D eigenvalue weighted by atomic mass is 16.2. The Morgan fingerprint density at radius 2 is 1.97 bits per heavy atom. The second-order valence-electron chi connectivity index (χ2n) is 8.33. The van der Waals surface area contributed by atoms with Gasteiger partial charge in [-0.15, -0.1) is 0 Å². The molecule has 1 saturated heterocycles. The van der Waals surface area contributed by atoms with Crippen molar-refractivity contribution in [2.24, 2.45) is 0 Å². The molecule has 0 atom stereocenters. The Hall–Kier alpha value is -2.27. The number of fused-ring (bicyclic) bond motifs is 1. The molecule has 0 bridgehead atoms. The molecule has 0 unspecified atom stereocenters. The number of likely N-dealkylation sites (tertiary alicyclic amines) is 1. The number of carbonyl (C=O) groups excluding carboxylic acids is 1. The molecule has 5 nitrogen and oxygen atoms in total. The molecule has 30 heavy (non-hydrogen) atoms. The molecular weight excluding hydrogens is 372 g/mol. The zero-order valence-corrected chi connectivity index (χ0v) is 18.8. The molecule has 3 N–H and O–H groups in total. The number of hydrogen-bond acceptors (Lipinski definition) is 2. The number of aromatic nitrogens is 1. The first kappa shape index (κ1) is 22.4. The Labute approximate surface area is 181 Å². The number of nitrogens with zero attached hydrogens (tertiary/aromatic N) is 1. The smallest absolute Gasteiger partial charge is 0.319 e. The van der Waals surface area contributed by atoms with Crippen LogP contribution in [0, 0.1) is 0 Å². The minimum absolute atomic E-state index is 0.144. The quantitative estimate of drug-likeness (QED) is 0.350. The maximum atomic E-state index is 12.2. The number of anilines is 1. The zero-order chi connectivity index (χ0) is 21.3. The third kappa shape index (κ3) is 5.66. The minimum atomic E-state index is -0.144. The van der Waals surface area contributed by atoms with Crippen molar-refractivity contribution < 1.29 is 4.79 Å². The third-order valence-corrected chi connectivity index (χ3v) is 6.40. The Bertz CT molecular complexity index is 829. The predicted octanol–water partition coefficient (Wildman–Crippen LogP) is 6.01. The number of nitrogens with one attached hydrogen (secondary N) is 3. The van der Waals surface area contributed by atoms with E-state index in [-0.39, 0.29) is 6.03 Å². The van der Waals surface area contributed by atoms with Crippen LogP contribution in [0.4, 0.5) is 10.5 Å². The fraction of sp³-hybridized carbons (Fsp3) is 0.560. The summed E-state index contributed by atoms with van der Waals surface area (Å²) in [4.78, 5) is 18.3. The molecule has 2 heterocycles. The van der Waals surface area contributed by atoms with E-state index in [9.17, 15) is 4.79 Å². The molecular formula is C25H38N4O. The largest absolute Gasteiger partial charge is 0.361 e. The van der Waals surface area contributed by atoms with Crippen molar-refractivity contribution in [2.75, 3.05) is 25.0 Å². The van der Waals surface area contributed by atoms with Gasteiger partial charge in [0.15, 0.2) is 0 Å². The first-order valence-electron chi connectivity index (χ1n) is 11.7. The molecule has 0 radical (unpaired) electrons. The summed E-state index contributed by atoms with van der Waals surface area (Å²) in [6, 6.07) is 6.73. The SMILES string of the molecule is CCC=CCCNC(=O)Nc1ccc2[nH]cc(C3CCN(C(CC)CC)CC3)c2c1. The van der Waals surface area contributed by atoms with Crippen molar-refractivity contribution in [2.45, 2.75) is 71.3 Å². The van der Waals surface area contributed by atoms with Crippen molar-refractivity contribution in [3.63, 3.8) is 0 Å². The van der Waals surface area contributed by atoms with Crippen LogP contribution in [0.15, 0.2) is 36.5 Å². The van der Waals surface area contributed by atoms with Gasteiger partial charge in [-0.3, -0.25) is 0 Å². The van der Waals surface area contributed by atoms with Gasteiger partial charge in [0.05, 0.1) is 0 Å². The molecule has 0 aliphatic carbocycles. The minimum Gasteiger partial charge on any atom is -0.361 e. The normalized spacial score (nSPS) is 16.0. The van der Waals surface area contributed by atoms with Gasteiger partial charge in [0.25, 0.3) is 0 Å². The summed E-state index contributed by atoms with van der Waals surface area (Å²) >= 11 is 0. The summed E-state index contributed by atoms with van der Waals surface area (Å²) in [5, 5.41) is 7.14. The summed E-state index contributed by atoms with van der Waals surface area (Å²) in [6.07, 6.45) is 13.2. The van der Waals surface area contributed by atoms with E-state index in [4.69, 9.17) is 0 Å². The highest BCUT2D eigenvalue weighted by Crippen LogP contribution is 2.35. The molecule has 1 aliphatic rings. The number of amides is 2. The molecule has 1 fully saturated rings. The molecule has 1 aliphatic heterocycles.